The highest BCUT2D eigenvalue weighted by molar-refractivity contribution is 7.99. The van der Waals surface area contributed by atoms with Gasteiger partial charge in [0, 0.05) is 28.9 Å². The number of amides is 1. The molecule has 3 aromatic rings. The molecule has 9 heteroatoms. The molecular formula is C19H18ClN5O2S. The first kappa shape index (κ1) is 19.9. The molecule has 1 amide bonds. The lowest BCUT2D eigenvalue weighted by Crippen LogP contribution is -2.24. The smallest absolute Gasteiger partial charge is 0.253 e. The fourth-order valence-electron chi connectivity index (χ4n) is 2.40. The standard InChI is InChI=1S/C19H18ClN5O2S/c1-13(20)12-28-19-24-23-17(11-22-18(26)14-4-3-9-21-10-14)25(19)15-5-7-16(27-2)8-6-15/h3-10H,1,11-12H2,2H3,(H,22,26). The highest BCUT2D eigenvalue weighted by Gasteiger charge is 2.16. The highest BCUT2D eigenvalue weighted by atomic mass is 35.5. The molecule has 0 saturated carbocycles. The molecule has 0 saturated heterocycles. The van der Waals surface area contributed by atoms with Crippen LogP contribution in [0.15, 0.2) is 65.6 Å². The number of carbonyl (C=O) groups excluding carboxylic acids is 1. The molecule has 1 N–H and O–H groups in total. The van der Waals surface area contributed by atoms with Crippen molar-refractivity contribution in [1.29, 1.82) is 0 Å². The zero-order chi connectivity index (χ0) is 19.9. The lowest BCUT2D eigenvalue weighted by atomic mass is 10.2. The van der Waals surface area contributed by atoms with Crippen LogP contribution in [0.1, 0.15) is 16.2 Å². The summed E-state index contributed by atoms with van der Waals surface area (Å²) in [4.78, 5) is 16.3. The van der Waals surface area contributed by atoms with Crippen molar-refractivity contribution in [2.24, 2.45) is 0 Å². The number of thioether (sulfide) groups is 1. The van der Waals surface area contributed by atoms with E-state index in [9.17, 15) is 4.79 Å². The van der Waals surface area contributed by atoms with Crippen LogP contribution in [-0.2, 0) is 6.54 Å². The lowest BCUT2D eigenvalue weighted by Gasteiger charge is -2.11. The number of ether oxygens (including phenoxy) is 1. The average Bonchev–Trinajstić information content (AvgIpc) is 3.14. The van der Waals surface area contributed by atoms with E-state index in [0.717, 1.165) is 11.4 Å². The van der Waals surface area contributed by atoms with Crippen LogP contribution in [-0.4, -0.2) is 38.5 Å². The number of carbonyl (C=O) groups is 1. The van der Waals surface area contributed by atoms with Gasteiger partial charge in [0.25, 0.3) is 5.91 Å². The Balaban J connectivity index is 1.85. The number of hydrogen-bond donors (Lipinski definition) is 1. The summed E-state index contributed by atoms with van der Waals surface area (Å²) in [5.41, 5.74) is 1.32. The molecule has 0 fully saturated rings. The van der Waals surface area contributed by atoms with E-state index in [1.807, 2.05) is 28.8 Å². The summed E-state index contributed by atoms with van der Waals surface area (Å²) in [5.74, 6) is 1.59. The Morgan fingerprint density at radius 2 is 2.07 bits per heavy atom. The molecule has 0 aliphatic carbocycles. The van der Waals surface area contributed by atoms with E-state index in [1.54, 1.807) is 25.4 Å². The van der Waals surface area contributed by atoms with E-state index >= 15 is 0 Å². The Bertz CT molecular complexity index is 960. The highest BCUT2D eigenvalue weighted by Crippen LogP contribution is 2.25. The molecule has 0 aliphatic rings. The van der Waals surface area contributed by atoms with E-state index in [-0.39, 0.29) is 12.5 Å². The van der Waals surface area contributed by atoms with Crippen molar-refractivity contribution in [3.8, 4) is 11.4 Å². The predicted octanol–water partition coefficient (Wildman–Crippen LogP) is 3.45. The van der Waals surface area contributed by atoms with Gasteiger partial charge in [-0.2, -0.15) is 0 Å². The minimum atomic E-state index is -0.235. The molecule has 0 radical (unpaired) electrons. The molecule has 0 unspecified atom stereocenters. The molecule has 144 valence electrons. The summed E-state index contributed by atoms with van der Waals surface area (Å²) < 4.78 is 7.08. The van der Waals surface area contributed by atoms with E-state index in [1.165, 1.54) is 18.0 Å². The number of halogens is 1. The summed E-state index contributed by atoms with van der Waals surface area (Å²) in [6, 6.07) is 10.9. The van der Waals surface area contributed by atoms with E-state index in [0.29, 0.717) is 27.3 Å². The SMILES string of the molecule is C=C(Cl)CSc1nnc(CNC(=O)c2cccnc2)n1-c1ccc(OC)cc1. The van der Waals surface area contributed by atoms with E-state index in [4.69, 9.17) is 16.3 Å². The van der Waals surface area contributed by atoms with Gasteiger partial charge in [-0.05, 0) is 36.4 Å². The molecule has 2 heterocycles. The van der Waals surface area contributed by atoms with Gasteiger partial charge in [0.15, 0.2) is 11.0 Å². The first-order valence-electron chi connectivity index (χ1n) is 8.31. The second-order valence-corrected chi connectivity index (χ2v) is 7.14. The number of pyridine rings is 1. The molecule has 3 rings (SSSR count). The quantitative estimate of drug-likeness (QED) is 0.567. The van der Waals surface area contributed by atoms with Crippen LogP contribution in [0, 0.1) is 0 Å². The number of hydrogen-bond acceptors (Lipinski definition) is 6. The summed E-state index contributed by atoms with van der Waals surface area (Å²) >= 11 is 7.31. The molecule has 2 aromatic heterocycles. The minimum absolute atomic E-state index is 0.204. The summed E-state index contributed by atoms with van der Waals surface area (Å²) in [6.45, 7) is 3.91. The molecule has 28 heavy (non-hydrogen) atoms. The Labute approximate surface area is 171 Å². The zero-order valence-electron chi connectivity index (χ0n) is 15.1. The maximum absolute atomic E-state index is 12.3. The zero-order valence-corrected chi connectivity index (χ0v) is 16.7. The average molecular weight is 416 g/mol. The van der Waals surface area contributed by atoms with Gasteiger partial charge in [-0.25, -0.2) is 0 Å². The molecule has 0 atom stereocenters. The largest absolute Gasteiger partial charge is 0.497 e. The first-order chi connectivity index (χ1) is 13.6. The monoisotopic (exact) mass is 415 g/mol. The molecule has 0 bridgehead atoms. The summed E-state index contributed by atoms with van der Waals surface area (Å²) in [5, 5.41) is 12.5. The predicted molar refractivity (Wildman–Crippen MR) is 109 cm³/mol. The molecule has 7 nitrogen and oxygen atoms in total. The Morgan fingerprint density at radius 3 is 2.71 bits per heavy atom. The van der Waals surface area contributed by atoms with Crippen molar-refractivity contribution in [2.75, 3.05) is 12.9 Å². The third-order valence-electron chi connectivity index (χ3n) is 3.72. The Hall–Kier alpha value is -2.84. The normalized spacial score (nSPS) is 10.5. The van der Waals surface area contributed by atoms with Crippen molar-refractivity contribution in [1.82, 2.24) is 25.1 Å². The lowest BCUT2D eigenvalue weighted by molar-refractivity contribution is 0.0949. The van der Waals surface area contributed by atoms with Gasteiger partial charge in [0.2, 0.25) is 0 Å². The van der Waals surface area contributed by atoms with Gasteiger partial charge in [-0.15, -0.1) is 10.2 Å². The maximum Gasteiger partial charge on any atom is 0.253 e. The van der Waals surface area contributed by atoms with Crippen molar-refractivity contribution in [3.63, 3.8) is 0 Å². The number of methoxy groups -OCH3 is 1. The number of nitrogens with one attached hydrogen (secondary N) is 1. The van der Waals surface area contributed by atoms with E-state index < -0.39 is 0 Å². The van der Waals surface area contributed by atoms with Gasteiger partial charge < -0.3 is 10.1 Å². The number of benzene rings is 1. The van der Waals surface area contributed by atoms with Gasteiger partial charge in [-0.3, -0.25) is 14.3 Å². The number of aromatic nitrogens is 4. The molecular weight excluding hydrogens is 398 g/mol. The summed E-state index contributed by atoms with van der Waals surface area (Å²) in [7, 11) is 1.61. The fourth-order valence-corrected chi connectivity index (χ4v) is 3.29. The van der Waals surface area contributed by atoms with E-state index in [2.05, 4.69) is 27.1 Å². The second kappa shape index (κ2) is 9.38. The van der Waals surface area contributed by atoms with Gasteiger partial charge in [0.1, 0.15) is 5.75 Å². The van der Waals surface area contributed by atoms with Crippen LogP contribution >= 0.6 is 23.4 Å². The Kier molecular flexibility index (Phi) is 6.67. The molecule has 0 aliphatic heterocycles. The molecule has 0 spiro atoms. The van der Waals surface area contributed by atoms with Crippen LogP contribution in [0.2, 0.25) is 0 Å². The van der Waals surface area contributed by atoms with Crippen molar-refractivity contribution < 1.29 is 9.53 Å². The number of nitrogens with zero attached hydrogens (tertiary/aromatic N) is 4. The topological polar surface area (TPSA) is 81.9 Å². The van der Waals surface area contributed by atoms with Crippen LogP contribution < -0.4 is 10.1 Å². The third kappa shape index (κ3) is 4.90. The Morgan fingerprint density at radius 1 is 1.29 bits per heavy atom. The van der Waals surface area contributed by atoms with Crippen molar-refractivity contribution in [2.45, 2.75) is 11.7 Å². The van der Waals surface area contributed by atoms with Gasteiger partial charge >= 0.3 is 0 Å². The van der Waals surface area contributed by atoms with Gasteiger partial charge in [0.05, 0.1) is 19.2 Å². The minimum Gasteiger partial charge on any atom is -0.497 e. The maximum atomic E-state index is 12.3. The number of rotatable bonds is 8. The van der Waals surface area contributed by atoms with Crippen LogP contribution in [0.5, 0.6) is 5.75 Å². The van der Waals surface area contributed by atoms with Crippen LogP contribution in [0.4, 0.5) is 0 Å². The second-order valence-electron chi connectivity index (χ2n) is 5.66. The van der Waals surface area contributed by atoms with Crippen LogP contribution in [0.25, 0.3) is 5.69 Å². The van der Waals surface area contributed by atoms with Crippen LogP contribution in [0.3, 0.4) is 0 Å². The van der Waals surface area contributed by atoms with Gasteiger partial charge in [-0.1, -0.05) is 29.9 Å². The molecule has 1 aromatic carbocycles. The first-order valence-corrected chi connectivity index (χ1v) is 9.68. The third-order valence-corrected chi connectivity index (χ3v) is 5.03. The summed E-state index contributed by atoms with van der Waals surface area (Å²) in [6.07, 6.45) is 3.13. The van der Waals surface area contributed by atoms with Crippen molar-refractivity contribution >= 4 is 29.3 Å². The fraction of sp³-hybridized carbons (Fsp3) is 0.158. The van der Waals surface area contributed by atoms with Crippen molar-refractivity contribution in [3.05, 3.63) is 71.8 Å².